The second-order valence-corrected chi connectivity index (χ2v) is 7.65. The van der Waals surface area contributed by atoms with Crippen LogP contribution in [0.4, 0.5) is 4.39 Å². The van der Waals surface area contributed by atoms with Crippen LogP contribution < -0.4 is 9.47 Å². The van der Waals surface area contributed by atoms with Crippen molar-refractivity contribution in [1.29, 1.82) is 0 Å². The largest absolute Gasteiger partial charge is 0.496 e. The number of nitrogens with zero attached hydrogens (tertiary/aromatic N) is 2. The van der Waals surface area contributed by atoms with Crippen LogP contribution >= 0.6 is 11.6 Å². The van der Waals surface area contributed by atoms with Crippen LogP contribution in [-0.2, 0) is 11.3 Å². The van der Waals surface area contributed by atoms with Crippen molar-refractivity contribution in [2.75, 3.05) is 13.7 Å². The molecule has 0 radical (unpaired) electrons. The second kappa shape index (κ2) is 9.75. The summed E-state index contributed by atoms with van der Waals surface area (Å²) in [7, 11) is 1.60. The average Bonchev–Trinajstić information content (AvgIpc) is 3.22. The fourth-order valence-electron chi connectivity index (χ4n) is 3.51. The van der Waals surface area contributed by atoms with Crippen molar-refractivity contribution < 1.29 is 23.8 Å². The van der Waals surface area contributed by atoms with Gasteiger partial charge in [-0.25, -0.2) is 9.18 Å². The van der Waals surface area contributed by atoms with E-state index >= 15 is 0 Å². The molecular weight excluding hydrogens is 447 g/mol. The summed E-state index contributed by atoms with van der Waals surface area (Å²) in [5, 5.41) is 14.2. The Bertz CT molecular complexity index is 1310. The van der Waals surface area contributed by atoms with Crippen molar-refractivity contribution in [2.24, 2.45) is 0 Å². The molecule has 8 heteroatoms. The molecule has 0 fully saturated rings. The standard InChI is InChI=1S/C25H20ClFN2O4/c1-32-23-8-3-2-5-17(23)14-29-22(16-6-4-7-19(27)11-16)13-21(28-29)20-12-18(26)9-10-24(20)33-15-25(30)31/h2-13H,14-15H2,1H3,(H,30,31). The number of carbonyl (C=O) groups is 1. The van der Waals surface area contributed by atoms with E-state index in [4.69, 9.17) is 31.3 Å². The number of halogens is 2. The molecule has 1 N–H and O–H groups in total. The first kappa shape index (κ1) is 22.4. The van der Waals surface area contributed by atoms with Gasteiger partial charge in [0.2, 0.25) is 0 Å². The van der Waals surface area contributed by atoms with E-state index in [1.54, 1.807) is 48.2 Å². The maximum Gasteiger partial charge on any atom is 0.341 e. The van der Waals surface area contributed by atoms with Gasteiger partial charge in [-0.15, -0.1) is 0 Å². The quantitative estimate of drug-likeness (QED) is 0.369. The summed E-state index contributed by atoms with van der Waals surface area (Å²) in [4.78, 5) is 11.0. The van der Waals surface area contributed by atoms with Crippen molar-refractivity contribution >= 4 is 17.6 Å². The van der Waals surface area contributed by atoms with Gasteiger partial charge in [-0.1, -0.05) is 41.9 Å². The number of aliphatic carboxylic acids is 1. The Balaban J connectivity index is 1.84. The number of rotatable bonds is 8. The summed E-state index contributed by atoms with van der Waals surface area (Å²) < 4.78 is 26.7. The number of methoxy groups -OCH3 is 1. The van der Waals surface area contributed by atoms with E-state index in [0.717, 1.165) is 5.56 Å². The van der Waals surface area contributed by atoms with Gasteiger partial charge >= 0.3 is 5.97 Å². The number of para-hydroxylation sites is 1. The summed E-state index contributed by atoms with van der Waals surface area (Å²) >= 11 is 6.21. The zero-order valence-corrected chi connectivity index (χ0v) is 18.4. The average molecular weight is 467 g/mol. The predicted octanol–water partition coefficient (Wildman–Crippen LogP) is 5.53. The molecular formula is C25H20ClFN2O4. The molecule has 33 heavy (non-hydrogen) atoms. The van der Waals surface area contributed by atoms with Crippen molar-refractivity contribution in [3.8, 4) is 34.0 Å². The molecule has 0 spiro atoms. The van der Waals surface area contributed by atoms with E-state index in [0.29, 0.717) is 45.6 Å². The number of hydrogen-bond donors (Lipinski definition) is 1. The van der Waals surface area contributed by atoms with Gasteiger partial charge in [0, 0.05) is 21.7 Å². The lowest BCUT2D eigenvalue weighted by Gasteiger charge is -2.11. The molecule has 0 aliphatic rings. The van der Waals surface area contributed by atoms with Crippen LogP contribution in [0.25, 0.3) is 22.5 Å². The monoisotopic (exact) mass is 466 g/mol. The fourth-order valence-corrected chi connectivity index (χ4v) is 3.68. The lowest BCUT2D eigenvalue weighted by molar-refractivity contribution is -0.139. The number of aromatic nitrogens is 2. The molecule has 0 aliphatic carbocycles. The molecule has 4 aromatic rings. The summed E-state index contributed by atoms with van der Waals surface area (Å²) in [6, 6.07) is 20.5. The van der Waals surface area contributed by atoms with Gasteiger partial charge in [0.05, 0.1) is 25.0 Å². The Morgan fingerprint density at radius 1 is 1.06 bits per heavy atom. The molecule has 4 rings (SSSR count). The van der Waals surface area contributed by atoms with Crippen LogP contribution in [0, 0.1) is 5.82 Å². The zero-order chi connectivity index (χ0) is 23.4. The fraction of sp³-hybridized carbons (Fsp3) is 0.120. The molecule has 1 aromatic heterocycles. The highest BCUT2D eigenvalue weighted by Gasteiger charge is 2.18. The lowest BCUT2D eigenvalue weighted by Crippen LogP contribution is -2.10. The summed E-state index contributed by atoms with van der Waals surface area (Å²) in [5.74, 6) is -0.437. The predicted molar refractivity (Wildman–Crippen MR) is 123 cm³/mol. The Morgan fingerprint density at radius 2 is 1.88 bits per heavy atom. The first-order chi connectivity index (χ1) is 15.9. The summed E-state index contributed by atoms with van der Waals surface area (Å²) in [5.41, 5.74) is 3.23. The van der Waals surface area contributed by atoms with E-state index < -0.39 is 12.6 Å². The third-order valence-corrected chi connectivity index (χ3v) is 5.22. The van der Waals surface area contributed by atoms with Crippen LogP contribution in [0.2, 0.25) is 5.02 Å². The highest BCUT2D eigenvalue weighted by molar-refractivity contribution is 6.31. The summed E-state index contributed by atoms with van der Waals surface area (Å²) in [6.07, 6.45) is 0. The van der Waals surface area contributed by atoms with Gasteiger partial charge in [-0.3, -0.25) is 4.68 Å². The van der Waals surface area contributed by atoms with Gasteiger partial charge < -0.3 is 14.6 Å². The van der Waals surface area contributed by atoms with Crippen LogP contribution in [0.5, 0.6) is 11.5 Å². The Hall–Kier alpha value is -3.84. The van der Waals surface area contributed by atoms with Crippen molar-refractivity contribution in [2.45, 2.75) is 6.54 Å². The molecule has 0 aliphatic heterocycles. The Kier molecular flexibility index (Phi) is 6.60. The SMILES string of the molecule is COc1ccccc1Cn1nc(-c2cc(Cl)ccc2OCC(=O)O)cc1-c1cccc(F)c1. The molecule has 0 unspecified atom stereocenters. The lowest BCUT2D eigenvalue weighted by atomic mass is 10.1. The molecule has 0 atom stereocenters. The van der Waals surface area contributed by atoms with E-state index in [-0.39, 0.29) is 5.82 Å². The summed E-state index contributed by atoms with van der Waals surface area (Å²) in [6.45, 7) is -0.144. The van der Waals surface area contributed by atoms with E-state index in [1.165, 1.54) is 12.1 Å². The number of ether oxygens (including phenoxy) is 2. The van der Waals surface area contributed by atoms with Crippen LogP contribution in [-0.4, -0.2) is 34.6 Å². The maximum absolute atomic E-state index is 14.0. The molecule has 0 saturated heterocycles. The number of carboxylic acids is 1. The number of benzene rings is 3. The minimum atomic E-state index is -1.10. The molecule has 168 valence electrons. The third kappa shape index (κ3) is 5.15. The first-order valence-corrected chi connectivity index (χ1v) is 10.4. The topological polar surface area (TPSA) is 73.6 Å². The van der Waals surface area contributed by atoms with Crippen LogP contribution in [0.15, 0.2) is 72.8 Å². The molecule has 3 aromatic carbocycles. The number of hydrogen-bond acceptors (Lipinski definition) is 4. The molecule has 6 nitrogen and oxygen atoms in total. The Labute approximate surface area is 194 Å². The van der Waals surface area contributed by atoms with Crippen molar-refractivity contribution in [1.82, 2.24) is 9.78 Å². The molecule has 1 heterocycles. The molecule has 0 amide bonds. The normalized spacial score (nSPS) is 10.8. The third-order valence-electron chi connectivity index (χ3n) is 4.98. The van der Waals surface area contributed by atoms with Crippen molar-refractivity contribution in [3.05, 3.63) is 89.2 Å². The highest BCUT2D eigenvalue weighted by atomic mass is 35.5. The first-order valence-electron chi connectivity index (χ1n) is 10.0. The van der Waals surface area contributed by atoms with E-state index in [1.807, 2.05) is 24.3 Å². The van der Waals surface area contributed by atoms with Crippen LogP contribution in [0.1, 0.15) is 5.56 Å². The van der Waals surface area contributed by atoms with Crippen LogP contribution in [0.3, 0.4) is 0 Å². The van der Waals surface area contributed by atoms with Gasteiger partial charge in [0.1, 0.15) is 17.3 Å². The van der Waals surface area contributed by atoms with Crippen molar-refractivity contribution in [3.63, 3.8) is 0 Å². The van der Waals surface area contributed by atoms with Gasteiger partial charge in [0.25, 0.3) is 0 Å². The molecule has 0 bridgehead atoms. The highest BCUT2D eigenvalue weighted by Crippen LogP contribution is 2.35. The molecule has 0 saturated carbocycles. The van der Waals surface area contributed by atoms with E-state index in [9.17, 15) is 9.18 Å². The zero-order valence-electron chi connectivity index (χ0n) is 17.7. The van der Waals surface area contributed by atoms with Gasteiger partial charge in [-0.2, -0.15) is 5.10 Å². The Morgan fingerprint density at radius 3 is 2.64 bits per heavy atom. The second-order valence-electron chi connectivity index (χ2n) is 7.22. The maximum atomic E-state index is 14.0. The smallest absolute Gasteiger partial charge is 0.341 e. The number of carboxylic acid groups (broad SMARTS) is 1. The van der Waals surface area contributed by atoms with Gasteiger partial charge in [0.15, 0.2) is 6.61 Å². The minimum absolute atomic E-state index is 0.328. The minimum Gasteiger partial charge on any atom is -0.496 e. The van der Waals surface area contributed by atoms with E-state index in [2.05, 4.69) is 0 Å². The van der Waals surface area contributed by atoms with Gasteiger partial charge in [-0.05, 0) is 42.5 Å².